The average Bonchev–Trinajstić information content (AvgIpc) is 2.04. The molecule has 2 atom stereocenters. The number of hydrogen-bond donors (Lipinski definition) is 4. The van der Waals surface area contributed by atoms with Gasteiger partial charge >= 0.3 is 11.9 Å². The first-order chi connectivity index (χ1) is 5.61. The van der Waals surface area contributed by atoms with Gasteiger partial charge in [-0.25, -0.2) is 0 Å². The van der Waals surface area contributed by atoms with Gasteiger partial charge in [0.2, 0.25) is 0 Å². The number of carbonyl (C=O) groups is 2. The molecule has 1 rings (SSSR count). The van der Waals surface area contributed by atoms with E-state index in [1.807, 2.05) is 0 Å². The minimum absolute atomic E-state index is 0.145. The third kappa shape index (κ3) is 1.93. The molecule has 0 spiro atoms. The maximum absolute atomic E-state index is 10.4. The van der Waals surface area contributed by atoms with Crippen LogP contribution in [0.4, 0.5) is 0 Å². The average molecular weight is 174 g/mol. The standard InChI is InChI=1S/C6H10N2O4/c9-5(10)3-1-7-4(2-8-3)6(11)12/h3-4,7-8H,1-2H2,(H,9,10)(H,11,12)/t3-,4-/m0/s1. The summed E-state index contributed by atoms with van der Waals surface area (Å²) >= 11 is 0. The first kappa shape index (κ1) is 8.95. The predicted octanol–water partition coefficient (Wildman–Crippen LogP) is -1.91. The number of hydrogen-bond acceptors (Lipinski definition) is 4. The molecule has 12 heavy (non-hydrogen) atoms. The Morgan fingerprint density at radius 1 is 1.00 bits per heavy atom. The third-order valence-electron chi connectivity index (χ3n) is 1.73. The van der Waals surface area contributed by atoms with Crippen molar-refractivity contribution in [2.45, 2.75) is 12.1 Å². The lowest BCUT2D eigenvalue weighted by atomic mass is 10.1. The second kappa shape index (κ2) is 3.51. The minimum atomic E-state index is -0.966. The summed E-state index contributed by atoms with van der Waals surface area (Å²) in [6.45, 7) is 0.290. The SMILES string of the molecule is O=C(O)[C@@H]1CN[C@H](C(=O)O)CN1. The lowest BCUT2D eigenvalue weighted by Crippen LogP contribution is -2.59. The van der Waals surface area contributed by atoms with Crippen LogP contribution in [-0.2, 0) is 9.59 Å². The molecule has 0 aliphatic carbocycles. The summed E-state index contributed by atoms with van der Waals surface area (Å²) in [5.41, 5.74) is 0. The predicted molar refractivity (Wildman–Crippen MR) is 38.9 cm³/mol. The summed E-state index contributed by atoms with van der Waals surface area (Å²) in [7, 11) is 0. The Morgan fingerprint density at radius 3 is 1.50 bits per heavy atom. The number of rotatable bonds is 2. The van der Waals surface area contributed by atoms with E-state index >= 15 is 0 Å². The lowest BCUT2D eigenvalue weighted by molar-refractivity contribution is -0.144. The summed E-state index contributed by atoms with van der Waals surface area (Å²) in [5.74, 6) is -1.93. The lowest BCUT2D eigenvalue weighted by Gasteiger charge is -2.25. The molecule has 0 aromatic heterocycles. The molecule has 1 heterocycles. The molecule has 0 aromatic carbocycles. The minimum Gasteiger partial charge on any atom is -0.480 e. The van der Waals surface area contributed by atoms with E-state index in [1.165, 1.54) is 0 Å². The molecular formula is C6H10N2O4. The molecule has 6 heteroatoms. The van der Waals surface area contributed by atoms with Crippen LogP contribution >= 0.6 is 0 Å². The largest absolute Gasteiger partial charge is 0.480 e. The Kier molecular flexibility index (Phi) is 2.61. The highest BCUT2D eigenvalue weighted by atomic mass is 16.4. The fraction of sp³-hybridized carbons (Fsp3) is 0.667. The van der Waals surface area contributed by atoms with Crippen LogP contribution in [0.2, 0.25) is 0 Å². The number of carboxylic acid groups (broad SMARTS) is 2. The van der Waals surface area contributed by atoms with E-state index in [4.69, 9.17) is 10.2 Å². The smallest absolute Gasteiger partial charge is 0.322 e. The Morgan fingerprint density at radius 2 is 1.33 bits per heavy atom. The van der Waals surface area contributed by atoms with E-state index in [1.54, 1.807) is 0 Å². The van der Waals surface area contributed by atoms with Crippen molar-refractivity contribution >= 4 is 11.9 Å². The van der Waals surface area contributed by atoms with Crippen LogP contribution in [0.1, 0.15) is 0 Å². The Labute approximate surface area is 68.6 Å². The highest BCUT2D eigenvalue weighted by Crippen LogP contribution is 1.93. The molecule has 0 saturated carbocycles. The van der Waals surface area contributed by atoms with Gasteiger partial charge in [0.25, 0.3) is 0 Å². The van der Waals surface area contributed by atoms with E-state index in [0.717, 1.165) is 0 Å². The fourth-order valence-electron chi connectivity index (χ4n) is 1.01. The maximum Gasteiger partial charge on any atom is 0.322 e. The van der Waals surface area contributed by atoms with E-state index < -0.39 is 24.0 Å². The van der Waals surface area contributed by atoms with E-state index in [0.29, 0.717) is 0 Å². The Bertz CT molecular complexity index is 176. The Balaban J connectivity index is 2.39. The van der Waals surface area contributed by atoms with Crippen molar-refractivity contribution in [2.24, 2.45) is 0 Å². The highest BCUT2D eigenvalue weighted by molar-refractivity contribution is 5.77. The zero-order valence-electron chi connectivity index (χ0n) is 6.28. The van der Waals surface area contributed by atoms with Crippen LogP contribution in [-0.4, -0.2) is 47.3 Å². The van der Waals surface area contributed by atoms with E-state index in [9.17, 15) is 9.59 Å². The first-order valence-electron chi connectivity index (χ1n) is 3.53. The molecule has 0 aromatic rings. The van der Waals surface area contributed by atoms with E-state index in [-0.39, 0.29) is 13.1 Å². The van der Waals surface area contributed by atoms with Crippen molar-refractivity contribution in [1.82, 2.24) is 10.6 Å². The van der Waals surface area contributed by atoms with Gasteiger partial charge in [0.1, 0.15) is 12.1 Å². The van der Waals surface area contributed by atoms with Crippen LogP contribution in [0.15, 0.2) is 0 Å². The van der Waals surface area contributed by atoms with Crippen LogP contribution in [0.3, 0.4) is 0 Å². The second-order valence-corrected chi connectivity index (χ2v) is 2.60. The highest BCUT2D eigenvalue weighted by Gasteiger charge is 2.28. The maximum atomic E-state index is 10.4. The van der Waals surface area contributed by atoms with Crippen LogP contribution < -0.4 is 10.6 Å². The first-order valence-corrected chi connectivity index (χ1v) is 3.53. The molecule has 0 radical (unpaired) electrons. The second-order valence-electron chi connectivity index (χ2n) is 2.60. The van der Waals surface area contributed by atoms with Gasteiger partial charge in [-0.05, 0) is 0 Å². The van der Waals surface area contributed by atoms with Crippen molar-refractivity contribution in [1.29, 1.82) is 0 Å². The van der Waals surface area contributed by atoms with Gasteiger partial charge in [0.15, 0.2) is 0 Å². The number of nitrogens with one attached hydrogen (secondary N) is 2. The molecule has 4 N–H and O–H groups in total. The molecule has 0 bridgehead atoms. The normalized spacial score (nSPS) is 29.7. The van der Waals surface area contributed by atoms with Gasteiger partial charge in [-0.3, -0.25) is 9.59 Å². The molecule has 1 aliphatic heterocycles. The van der Waals surface area contributed by atoms with Crippen molar-refractivity contribution < 1.29 is 19.8 Å². The summed E-state index contributed by atoms with van der Waals surface area (Å²) in [6, 6.07) is -1.36. The number of piperazine rings is 1. The summed E-state index contributed by atoms with van der Waals surface area (Å²) in [6.07, 6.45) is 0. The van der Waals surface area contributed by atoms with E-state index in [2.05, 4.69) is 10.6 Å². The van der Waals surface area contributed by atoms with Gasteiger partial charge in [0.05, 0.1) is 0 Å². The van der Waals surface area contributed by atoms with Crippen molar-refractivity contribution in [3.05, 3.63) is 0 Å². The molecule has 6 nitrogen and oxygen atoms in total. The molecular weight excluding hydrogens is 164 g/mol. The summed E-state index contributed by atoms with van der Waals surface area (Å²) in [4.78, 5) is 20.8. The molecule has 68 valence electrons. The zero-order chi connectivity index (χ0) is 9.14. The van der Waals surface area contributed by atoms with Crippen molar-refractivity contribution in [3.8, 4) is 0 Å². The van der Waals surface area contributed by atoms with Gasteiger partial charge < -0.3 is 20.8 Å². The zero-order valence-corrected chi connectivity index (χ0v) is 6.28. The molecule has 0 unspecified atom stereocenters. The summed E-state index contributed by atoms with van der Waals surface area (Å²) < 4.78 is 0. The quantitative estimate of drug-likeness (QED) is 0.390. The Hall–Kier alpha value is -1.14. The van der Waals surface area contributed by atoms with Crippen molar-refractivity contribution in [2.75, 3.05) is 13.1 Å². The summed E-state index contributed by atoms with van der Waals surface area (Å²) in [5, 5.41) is 22.2. The van der Waals surface area contributed by atoms with Crippen LogP contribution in [0.25, 0.3) is 0 Å². The van der Waals surface area contributed by atoms with Crippen LogP contribution in [0, 0.1) is 0 Å². The van der Waals surface area contributed by atoms with Crippen molar-refractivity contribution in [3.63, 3.8) is 0 Å². The van der Waals surface area contributed by atoms with Gasteiger partial charge in [-0.2, -0.15) is 0 Å². The van der Waals surface area contributed by atoms with Gasteiger partial charge in [-0.15, -0.1) is 0 Å². The third-order valence-corrected chi connectivity index (χ3v) is 1.73. The fourth-order valence-corrected chi connectivity index (χ4v) is 1.01. The monoisotopic (exact) mass is 174 g/mol. The molecule has 1 aliphatic rings. The number of carboxylic acids is 2. The van der Waals surface area contributed by atoms with Crippen LogP contribution in [0.5, 0.6) is 0 Å². The van der Waals surface area contributed by atoms with Gasteiger partial charge in [0, 0.05) is 13.1 Å². The molecule has 0 amide bonds. The van der Waals surface area contributed by atoms with Gasteiger partial charge in [-0.1, -0.05) is 0 Å². The topological polar surface area (TPSA) is 98.7 Å². The molecule has 1 saturated heterocycles. The number of aliphatic carboxylic acids is 2. The molecule has 1 fully saturated rings.